The number of amidine groups is 1. The van der Waals surface area contributed by atoms with Gasteiger partial charge in [0.15, 0.2) is 5.82 Å². The van der Waals surface area contributed by atoms with Gasteiger partial charge in [0, 0.05) is 17.2 Å². The number of carbonyl (C=O) groups excluding carboxylic acids is 2. The van der Waals surface area contributed by atoms with Crippen molar-refractivity contribution >= 4 is 33.6 Å². The summed E-state index contributed by atoms with van der Waals surface area (Å²) < 4.78 is 37.0. The first-order chi connectivity index (χ1) is 15.8. The van der Waals surface area contributed by atoms with Gasteiger partial charge in [-0.15, -0.1) is 0 Å². The molecular weight excluding hydrogens is 448 g/mol. The molecule has 0 bridgehead atoms. The second-order valence-corrected chi connectivity index (χ2v) is 8.83. The van der Waals surface area contributed by atoms with Crippen LogP contribution in [0.4, 0.5) is 5.82 Å². The number of anilines is 1. The summed E-state index contributed by atoms with van der Waals surface area (Å²) in [6.45, 7) is 1.65. The van der Waals surface area contributed by atoms with Gasteiger partial charge in [0.1, 0.15) is 11.6 Å². The summed E-state index contributed by atoms with van der Waals surface area (Å²) >= 11 is 0. The van der Waals surface area contributed by atoms with Crippen molar-refractivity contribution < 1.29 is 27.3 Å². The molecule has 2 N–H and O–H groups in total. The number of aliphatic imine (C=N–C) groups is 1. The van der Waals surface area contributed by atoms with E-state index in [4.69, 9.17) is 9.26 Å². The van der Waals surface area contributed by atoms with Crippen molar-refractivity contribution in [3.63, 3.8) is 0 Å². The van der Waals surface area contributed by atoms with Crippen molar-refractivity contribution in [3.8, 4) is 0 Å². The molecule has 3 aromatic rings. The maximum atomic E-state index is 12.8. The van der Waals surface area contributed by atoms with Gasteiger partial charge >= 0.3 is 5.97 Å². The highest BCUT2D eigenvalue weighted by molar-refractivity contribution is 7.90. The van der Waals surface area contributed by atoms with Crippen LogP contribution in [0.1, 0.15) is 29.4 Å². The monoisotopic (exact) mass is 468 g/mol. The van der Waals surface area contributed by atoms with Gasteiger partial charge in [0.05, 0.1) is 17.9 Å². The molecular formula is C22H20N4O6S. The molecule has 1 aliphatic rings. The van der Waals surface area contributed by atoms with Gasteiger partial charge in [-0.05, 0) is 19.1 Å². The van der Waals surface area contributed by atoms with E-state index in [0.717, 1.165) is 0 Å². The Morgan fingerprint density at radius 2 is 1.88 bits per heavy atom. The molecule has 11 heteroatoms. The van der Waals surface area contributed by atoms with Crippen LogP contribution in [-0.2, 0) is 24.3 Å². The largest absolute Gasteiger partial charge is 0.447 e. The maximum absolute atomic E-state index is 12.8. The number of carbonyl (C=O) groups is 2. The molecule has 1 atom stereocenters. The predicted molar refractivity (Wildman–Crippen MR) is 118 cm³/mol. The average molecular weight is 468 g/mol. The summed E-state index contributed by atoms with van der Waals surface area (Å²) in [7, 11) is -3.66. The van der Waals surface area contributed by atoms with E-state index in [1.807, 2.05) is 0 Å². The fourth-order valence-corrected chi connectivity index (χ4v) is 4.47. The molecule has 1 aliphatic heterocycles. The van der Waals surface area contributed by atoms with Crippen LogP contribution < -0.4 is 10.0 Å². The number of hydrogen-bond donors (Lipinski definition) is 2. The standard InChI is InChI=1S/C22H20N4O6S/c1-14-13-18(25-32-14)24-22(28)20(15-7-3-2-4-8-15)31-19(27)11-12-23-21-16-9-5-6-10-17(16)33(29,30)26-21/h2-10,13,20H,11-12H2,1H3,(H,23,26)(H,24,25,28)/t20-/m1/s1. The minimum atomic E-state index is -3.66. The Bertz CT molecular complexity index is 1320. The van der Waals surface area contributed by atoms with Gasteiger partial charge in [-0.1, -0.05) is 47.6 Å². The smallest absolute Gasteiger partial charge is 0.308 e. The number of fused-ring (bicyclic) bond motifs is 1. The van der Waals surface area contributed by atoms with Crippen molar-refractivity contribution in [1.82, 2.24) is 9.88 Å². The van der Waals surface area contributed by atoms with Crippen LogP contribution in [-0.4, -0.2) is 37.8 Å². The number of aryl methyl sites for hydroxylation is 1. The lowest BCUT2D eigenvalue weighted by Crippen LogP contribution is -2.26. The molecule has 2 heterocycles. The summed E-state index contributed by atoms with van der Waals surface area (Å²) in [6, 6.07) is 16.5. The maximum Gasteiger partial charge on any atom is 0.308 e. The lowest BCUT2D eigenvalue weighted by atomic mass is 10.1. The van der Waals surface area contributed by atoms with Gasteiger partial charge in [0.25, 0.3) is 15.9 Å². The third-order valence-electron chi connectivity index (χ3n) is 4.72. The van der Waals surface area contributed by atoms with Crippen LogP contribution in [0.5, 0.6) is 0 Å². The number of esters is 1. The van der Waals surface area contributed by atoms with Crippen molar-refractivity contribution in [1.29, 1.82) is 0 Å². The number of nitrogens with zero attached hydrogens (tertiary/aromatic N) is 2. The van der Waals surface area contributed by atoms with E-state index in [2.05, 4.69) is 20.2 Å². The number of sulfonamides is 1. The molecule has 4 rings (SSSR count). The third kappa shape index (κ3) is 5.09. The summed E-state index contributed by atoms with van der Waals surface area (Å²) in [4.78, 5) is 29.6. The molecule has 0 fully saturated rings. The highest BCUT2D eigenvalue weighted by atomic mass is 32.2. The second kappa shape index (κ2) is 9.25. The molecule has 10 nitrogen and oxygen atoms in total. The molecule has 0 aliphatic carbocycles. The zero-order chi connectivity index (χ0) is 23.4. The fraction of sp³-hybridized carbons (Fsp3) is 0.182. The topological polar surface area (TPSA) is 140 Å². The summed E-state index contributed by atoms with van der Waals surface area (Å²) in [6.07, 6.45) is -1.37. The van der Waals surface area contributed by atoms with Crippen LogP contribution in [0.3, 0.4) is 0 Å². The van der Waals surface area contributed by atoms with E-state index < -0.39 is 28.0 Å². The van der Waals surface area contributed by atoms with Crippen molar-refractivity contribution in [2.75, 3.05) is 11.9 Å². The van der Waals surface area contributed by atoms with E-state index in [1.165, 1.54) is 6.07 Å². The van der Waals surface area contributed by atoms with Crippen molar-refractivity contribution in [2.24, 2.45) is 4.99 Å². The van der Waals surface area contributed by atoms with Gasteiger partial charge in [0.2, 0.25) is 6.10 Å². The summed E-state index contributed by atoms with van der Waals surface area (Å²) in [5.41, 5.74) is 0.919. The Morgan fingerprint density at radius 1 is 1.15 bits per heavy atom. The minimum Gasteiger partial charge on any atom is -0.447 e. The number of benzene rings is 2. The molecule has 0 unspecified atom stereocenters. The Kier molecular flexibility index (Phi) is 6.22. The molecule has 0 spiro atoms. The molecule has 1 aromatic heterocycles. The first-order valence-corrected chi connectivity index (χ1v) is 11.5. The van der Waals surface area contributed by atoms with Crippen molar-refractivity contribution in [3.05, 3.63) is 77.6 Å². The number of aromatic nitrogens is 1. The van der Waals surface area contributed by atoms with Crippen LogP contribution >= 0.6 is 0 Å². The molecule has 0 saturated heterocycles. The molecule has 33 heavy (non-hydrogen) atoms. The quantitative estimate of drug-likeness (QED) is 0.507. The molecule has 2 aromatic carbocycles. The zero-order valence-electron chi connectivity index (χ0n) is 17.5. The highest BCUT2D eigenvalue weighted by Gasteiger charge is 2.30. The van der Waals surface area contributed by atoms with E-state index in [9.17, 15) is 18.0 Å². The Hall–Kier alpha value is -3.99. The zero-order valence-corrected chi connectivity index (χ0v) is 18.3. The molecule has 1 amide bonds. The van der Waals surface area contributed by atoms with E-state index in [-0.39, 0.29) is 29.5 Å². The summed E-state index contributed by atoms with van der Waals surface area (Å²) in [5.74, 6) is -0.382. The average Bonchev–Trinajstić information content (AvgIpc) is 3.32. The van der Waals surface area contributed by atoms with Crippen LogP contribution in [0.15, 0.2) is 75.1 Å². The Morgan fingerprint density at radius 3 is 2.61 bits per heavy atom. The Labute approximate surface area is 189 Å². The SMILES string of the molecule is Cc1cc(NC(=O)[C@H](OC(=O)CCN=C2NS(=O)(=O)c3ccccc32)c2ccccc2)no1. The highest BCUT2D eigenvalue weighted by Crippen LogP contribution is 2.23. The van der Waals surface area contributed by atoms with E-state index in [1.54, 1.807) is 61.5 Å². The predicted octanol–water partition coefficient (Wildman–Crippen LogP) is 2.33. The first-order valence-electron chi connectivity index (χ1n) is 9.99. The molecule has 170 valence electrons. The Balaban J connectivity index is 1.43. The fourth-order valence-electron chi connectivity index (χ4n) is 3.22. The number of nitrogens with one attached hydrogen (secondary N) is 2. The first kappa shape index (κ1) is 22.2. The second-order valence-electron chi connectivity index (χ2n) is 7.17. The third-order valence-corrected chi connectivity index (χ3v) is 6.11. The van der Waals surface area contributed by atoms with Crippen LogP contribution in [0.2, 0.25) is 0 Å². The number of rotatable bonds is 7. The van der Waals surface area contributed by atoms with Crippen molar-refractivity contribution in [2.45, 2.75) is 24.3 Å². The lowest BCUT2D eigenvalue weighted by Gasteiger charge is -2.17. The molecule has 0 saturated carbocycles. The van der Waals surface area contributed by atoms with Gasteiger partial charge in [-0.25, -0.2) is 8.42 Å². The molecule has 0 radical (unpaired) electrons. The minimum absolute atomic E-state index is 0.0311. The summed E-state index contributed by atoms with van der Waals surface area (Å²) in [5, 5.41) is 6.28. The number of amides is 1. The number of hydrogen-bond acceptors (Lipinski definition) is 8. The van der Waals surface area contributed by atoms with Gasteiger partial charge < -0.3 is 14.6 Å². The number of ether oxygens (including phenoxy) is 1. The van der Waals surface area contributed by atoms with Crippen LogP contribution in [0, 0.1) is 6.92 Å². The van der Waals surface area contributed by atoms with Gasteiger partial charge in [-0.3, -0.25) is 19.3 Å². The van der Waals surface area contributed by atoms with Crippen LogP contribution in [0.25, 0.3) is 0 Å². The lowest BCUT2D eigenvalue weighted by molar-refractivity contribution is -0.154. The van der Waals surface area contributed by atoms with E-state index in [0.29, 0.717) is 16.9 Å². The van der Waals surface area contributed by atoms with Gasteiger partial charge in [-0.2, -0.15) is 0 Å². The normalized spacial score (nSPS) is 16.0. The van der Waals surface area contributed by atoms with E-state index >= 15 is 0 Å².